The molecule has 2 N–H and O–H groups in total. The molecule has 0 aliphatic heterocycles. The monoisotopic (exact) mass is 237 g/mol. The van der Waals surface area contributed by atoms with Gasteiger partial charge in [0.25, 0.3) is 5.89 Å². The zero-order valence-corrected chi connectivity index (χ0v) is 10.0. The predicted molar refractivity (Wildman–Crippen MR) is 59.9 cm³/mol. The van der Waals surface area contributed by atoms with E-state index in [0.717, 1.165) is 5.69 Å². The Morgan fingerprint density at radius 2 is 2.35 bits per heavy atom. The minimum atomic E-state index is -0.769. The van der Waals surface area contributed by atoms with E-state index in [0.29, 0.717) is 18.3 Å². The molecule has 0 bridgehead atoms. The van der Waals surface area contributed by atoms with Crippen LogP contribution in [0.15, 0.2) is 17.0 Å². The molecule has 0 aromatic carbocycles. The van der Waals surface area contributed by atoms with Gasteiger partial charge >= 0.3 is 0 Å². The summed E-state index contributed by atoms with van der Waals surface area (Å²) < 4.78 is 12.0. The molecule has 2 aromatic heterocycles. The SMILES string of the molecule is COCC(C)(N)c1noc(-c2cncn2C)n1. The van der Waals surface area contributed by atoms with Gasteiger partial charge in [-0.05, 0) is 6.92 Å². The Morgan fingerprint density at radius 1 is 1.59 bits per heavy atom. The minimum absolute atomic E-state index is 0.317. The Labute approximate surface area is 98.6 Å². The molecule has 0 saturated heterocycles. The van der Waals surface area contributed by atoms with E-state index in [-0.39, 0.29) is 0 Å². The Bertz CT molecular complexity index is 502. The Morgan fingerprint density at radius 3 is 2.94 bits per heavy atom. The summed E-state index contributed by atoms with van der Waals surface area (Å²) in [6.07, 6.45) is 3.32. The smallest absolute Gasteiger partial charge is 0.276 e. The first kappa shape index (κ1) is 11.7. The van der Waals surface area contributed by atoms with Crippen molar-refractivity contribution in [2.75, 3.05) is 13.7 Å². The average molecular weight is 237 g/mol. The van der Waals surface area contributed by atoms with Crippen LogP contribution in [0.25, 0.3) is 11.6 Å². The Balaban J connectivity index is 2.31. The number of methoxy groups -OCH3 is 1. The molecule has 7 nitrogen and oxygen atoms in total. The molecular formula is C10H15N5O2. The number of hydrogen-bond donors (Lipinski definition) is 1. The molecule has 7 heteroatoms. The first-order valence-corrected chi connectivity index (χ1v) is 5.13. The van der Waals surface area contributed by atoms with Crippen molar-refractivity contribution in [2.45, 2.75) is 12.5 Å². The summed E-state index contributed by atoms with van der Waals surface area (Å²) in [6, 6.07) is 0. The molecule has 1 unspecified atom stereocenters. The van der Waals surface area contributed by atoms with Gasteiger partial charge in [-0.2, -0.15) is 4.98 Å². The molecular weight excluding hydrogens is 222 g/mol. The quantitative estimate of drug-likeness (QED) is 0.821. The second-order valence-electron chi connectivity index (χ2n) is 4.16. The van der Waals surface area contributed by atoms with Crippen molar-refractivity contribution in [2.24, 2.45) is 12.8 Å². The number of nitrogens with two attached hydrogens (primary N) is 1. The lowest BCUT2D eigenvalue weighted by molar-refractivity contribution is 0.135. The number of ether oxygens (including phenoxy) is 1. The van der Waals surface area contributed by atoms with Crippen molar-refractivity contribution in [1.29, 1.82) is 0 Å². The van der Waals surface area contributed by atoms with Crippen molar-refractivity contribution >= 4 is 0 Å². The summed E-state index contributed by atoms with van der Waals surface area (Å²) in [5.41, 5.74) is 6.00. The number of aryl methyl sites for hydroxylation is 1. The molecule has 0 radical (unpaired) electrons. The summed E-state index contributed by atoms with van der Waals surface area (Å²) in [7, 11) is 3.43. The van der Waals surface area contributed by atoms with Gasteiger partial charge in [-0.3, -0.25) is 0 Å². The zero-order valence-electron chi connectivity index (χ0n) is 10.0. The fourth-order valence-corrected chi connectivity index (χ4v) is 1.49. The van der Waals surface area contributed by atoms with Crippen LogP contribution in [-0.4, -0.2) is 33.4 Å². The van der Waals surface area contributed by atoms with E-state index < -0.39 is 5.54 Å². The molecule has 0 aliphatic rings. The van der Waals surface area contributed by atoms with Gasteiger partial charge in [-0.1, -0.05) is 5.16 Å². The fourth-order valence-electron chi connectivity index (χ4n) is 1.49. The van der Waals surface area contributed by atoms with Crippen LogP contribution < -0.4 is 5.73 Å². The van der Waals surface area contributed by atoms with E-state index in [9.17, 15) is 0 Å². The molecule has 0 fully saturated rings. The van der Waals surface area contributed by atoms with Gasteiger partial charge in [0.05, 0.1) is 19.1 Å². The highest BCUT2D eigenvalue weighted by molar-refractivity contribution is 5.45. The lowest BCUT2D eigenvalue weighted by Gasteiger charge is -2.18. The maximum atomic E-state index is 6.02. The van der Waals surface area contributed by atoms with Crippen molar-refractivity contribution < 1.29 is 9.26 Å². The van der Waals surface area contributed by atoms with Crippen LogP contribution in [-0.2, 0) is 17.3 Å². The van der Waals surface area contributed by atoms with E-state index in [4.69, 9.17) is 15.0 Å². The van der Waals surface area contributed by atoms with Gasteiger partial charge in [0, 0.05) is 14.2 Å². The van der Waals surface area contributed by atoms with Gasteiger partial charge in [0.2, 0.25) is 0 Å². The van der Waals surface area contributed by atoms with Crippen LogP contribution in [0, 0.1) is 0 Å². The summed E-state index contributed by atoms with van der Waals surface area (Å²) in [5.74, 6) is 0.809. The van der Waals surface area contributed by atoms with Crippen molar-refractivity contribution in [3.63, 3.8) is 0 Å². The van der Waals surface area contributed by atoms with Crippen molar-refractivity contribution in [3.05, 3.63) is 18.3 Å². The van der Waals surface area contributed by atoms with Crippen molar-refractivity contribution in [3.8, 4) is 11.6 Å². The van der Waals surface area contributed by atoms with Gasteiger partial charge < -0.3 is 19.6 Å². The molecule has 92 valence electrons. The van der Waals surface area contributed by atoms with E-state index in [2.05, 4.69) is 15.1 Å². The lowest BCUT2D eigenvalue weighted by atomic mass is 10.1. The van der Waals surface area contributed by atoms with Crippen LogP contribution in [0.4, 0.5) is 0 Å². The molecule has 0 saturated carbocycles. The van der Waals surface area contributed by atoms with Crippen LogP contribution >= 0.6 is 0 Å². The molecule has 0 spiro atoms. The number of hydrogen-bond acceptors (Lipinski definition) is 6. The third-order valence-electron chi connectivity index (χ3n) is 2.42. The summed E-state index contributed by atoms with van der Waals surface area (Å²) in [4.78, 5) is 8.25. The number of nitrogens with zero attached hydrogens (tertiary/aromatic N) is 4. The lowest BCUT2D eigenvalue weighted by Crippen LogP contribution is -2.38. The summed E-state index contributed by atoms with van der Waals surface area (Å²) in [5, 5.41) is 3.87. The van der Waals surface area contributed by atoms with E-state index in [1.165, 1.54) is 0 Å². The molecule has 2 rings (SSSR count). The third kappa shape index (κ3) is 2.20. The predicted octanol–water partition coefficient (Wildman–Crippen LogP) is 0.290. The van der Waals surface area contributed by atoms with Crippen LogP contribution in [0.3, 0.4) is 0 Å². The van der Waals surface area contributed by atoms with Gasteiger partial charge in [-0.25, -0.2) is 4.98 Å². The fraction of sp³-hybridized carbons (Fsp3) is 0.500. The molecule has 1 atom stereocenters. The highest BCUT2D eigenvalue weighted by atomic mass is 16.5. The van der Waals surface area contributed by atoms with Crippen LogP contribution in [0.1, 0.15) is 12.7 Å². The first-order valence-electron chi connectivity index (χ1n) is 5.13. The average Bonchev–Trinajstić information content (AvgIpc) is 2.85. The Kier molecular flexibility index (Phi) is 2.95. The number of imidazole rings is 1. The van der Waals surface area contributed by atoms with Crippen LogP contribution in [0.2, 0.25) is 0 Å². The molecule has 0 amide bonds. The highest BCUT2D eigenvalue weighted by Gasteiger charge is 2.28. The zero-order chi connectivity index (χ0) is 12.5. The normalized spacial score (nSPS) is 14.8. The maximum absolute atomic E-state index is 6.02. The third-order valence-corrected chi connectivity index (χ3v) is 2.42. The van der Waals surface area contributed by atoms with Gasteiger partial charge in [0.15, 0.2) is 5.82 Å². The molecule has 2 aromatic rings. The maximum Gasteiger partial charge on any atom is 0.276 e. The first-order chi connectivity index (χ1) is 8.04. The number of rotatable bonds is 4. The van der Waals surface area contributed by atoms with Crippen molar-refractivity contribution in [1.82, 2.24) is 19.7 Å². The second-order valence-corrected chi connectivity index (χ2v) is 4.16. The molecule has 2 heterocycles. The standard InChI is InChI=1S/C10H15N5O2/c1-10(11,5-16-3)9-13-8(17-14-9)7-4-12-6-15(7)2/h4,6H,5,11H2,1-3H3. The second kappa shape index (κ2) is 4.27. The molecule has 0 aliphatic carbocycles. The molecule has 17 heavy (non-hydrogen) atoms. The van der Waals surface area contributed by atoms with Crippen LogP contribution in [0.5, 0.6) is 0 Å². The van der Waals surface area contributed by atoms with Gasteiger partial charge in [0.1, 0.15) is 11.2 Å². The Hall–Kier alpha value is -1.73. The highest BCUT2D eigenvalue weighted by Crippen LogP contribution is 2.20. The largest absolute Gasteiger partial charge is 0.382 e. The number of aromatic nitrogens is 4. The van der Waals surface area contributed by atoms with E-state index in [1.54, 1.807) is 31.1 Å². The summed E-state index contributed by atoms with van der Waals surface area (Å²) >= 11 is 0. The van der Waals surface area contributed by atoms with Gasteiger partial charge in [-0.15, -0.1) is 0 Å². The van der Waals surface area contributed by atoms with E-state index >= 15 is 0 Å². The van der Waals surface area contributed by atoms with E-state index in [1.807, 2.05) is 7.05 Å². The summed E-state index contributed by atoms with van der Waals surface area (Å²) in [6.45, 7) is 2.10. The minimum Gasteiger partial charge on any atom is -0.382 e. The topological polar surface area (TPSA) is 92.0 Å².